The monoisotopic (exact) mass is 374 g/mol. The number of rotatable bonds is 5. The number of carbonyl (C=O) groups excluding carboxylic acids is 1. The van der Waals surface area contributed by atoms with Gasteiger partial charge in [0.05, 0.1) is 13.2 Å². The van der Waals surface area contributed by atoms with Gasteiger partial charge in [0.1, 0.15) is 11.6 Å². The zero-order valence-corrected chi connectivity index (χ0v) is 17.3. The molecule has 2 saturated heterocycles. The van der Waals surface area contributed by atoms with Gasteiger partial charge in [-0.05, 0) is 42.4 Å². The van der Waals surface area contributed by atoms with Crippen LogP contribution < -0.4 is 10.2 Å². The fraction of sp³-hybridized carbons (Fsp3) is 0.714. The van der Waals surface area contributed by atoms with Gasteiger partial charge in [-0.2, -0.15) is 0 Å². The number of anilines is 2. The van der Waals surface area contributed by atoms with E-state index in [1.807, 2.05) is 4.90 Å². The number of amides is 1. The van der Waals surface area contributed by atoms with Gasteiger partial charge in [0.2, 0.25) is 5.91 Å². The van der Waals surface area contributed by atoms with Gasteiger partial charge in [-0.25, -0.2) is 4.98 Å². The van der Waals surface area contributed by atoms with E-state index in [0.717, 1.165) is 70.3 Å². The first-order chi connectivity index (χ1) is 12.9. The summed E-state index contributed by atoms with van der Waals surface area (Å²) in [5, 5.41) is 3.65. The van der Waals surface area contributed by atoms with E-state index in [2.05, 4.69) is 43.1 Å². The van der Waals surface area contributed by atoms with Gasteiger partial charge in [-0.1, -0.05) is 20.8 Å². The Labute approximate surface area is 163 Å². The van der Waals surface area contributed by atoms with Crippen LogP contribution in [0, 0.1) is 0 Å². The third-order valence-electron chi connectivity index (χ3n) is 6.10. The van der Waals surface area contributed by atoms with Crippen LogP contribution >= 0.6 is 0 Å². The van der Waals surface area contributed by atoms with E-state index in [1.54, 1.807) is 6.92 Å². The SMILES string of the molecule is CCC(C)(C)c1cc(NC2CCN(C(C)=O)CC2)nc(N2CCOCC2)c1. The van der Waals surface area contributed by atoms with E-state index in [9.17, 15) is 4.79 Å². The van der Waals surface area contributed by atoms with Crippen LogP contribution in [0.15, 0.2) is 12.1 Å². The summed E-state index contributed by atoms with van der Waals surface area (Å²) in [6, 6.07) is 4.83. The molecule has 6 heteroatoms. The Hall–Kier alpha value is -1.82. The van der Waals surface area contributed by atoms with Crippen LogP contribution in [-0.2, 0) is 14.9 Å². The number of hydrogen-bond donors (Lipinski definition) is 1. The summed E-state index contributed by atoms with van der Waals surface area (Å²) >= 11 is 0. The van der Waals surface area contributed by atoms with Crippen LogP contribution in [0.5, 0.6) is 0 Å². The quantitative estimate of drug-likeness (QED) is 0.858. The van der Waals surface area contributed by atoms with Crippen LogP contribution in [0.1, 0.15) is 52.5 Å². The number of aromatic nitrogens is 1. The van der Waals surface area contributed by atoms with E-state index < -0.39 is 0 Å². The highest BCUT2D eigenvalue weighted by molar-refractivity contribution is 5.73. The summed E-state index contributed by atoms with van der Waals surface area (Å²) in [6.07, 6.45) is 3.01. The lowest BCUT2D eigenvalue weighted by molar-refractivity contribution is -0.129. The average Bonchev–Trinajstić information content (AvgIpc) is 2.69. The predicted molar refractivity (Wildman–Crippen MR) is 109 cm³/mol. The molecule has 3 rings (SSSR count). The molecule has 6 nitrogen and oxygen atoms in total. The summed E-state index contributed by atoms with van der Waals surface area (Å²) in [5.74, 6) is 2.17. The Balaban J connectivity index is 1.79. The first kappa shape index (κ1) is 19.9. The van der Waals surface area contributed by atoms with Gasteiger partial charge >= 0.3 is 0 Å². The number of nitrogens with one attached hydrogen (secondary N) is 1. The fourth-order valence-electron chi connectivity index (χ4n) is 3.69. The van der Waals surface area contributed by atoms with Crippen LogP contribution in [0.3, 0.4) is 0 Å². The zero-order chi connectivity index (χ0) is 19.4. The molecule has 2 aliphatic heterocycles. The number of carbonyl (C=O) groups is 1. The number of piperidine rings is 1. The van der Waals surface area contributed by atoms with Crippen molar-refractivity contribution in [1.82, 2.24) is 9.88 Å². The molecular formula is C21H34N4O2. The number of pyridine rings is 1. The van der Waals surface area contributed by atoms with Crippen molar-refractivity contribution in [2.24, 2.45) is 0 Å². The van der Waals surface area contributed by atoms with Crippen molar-refractivity contribution in [3.8, 4) is 0 Å². The summed E-state index contributed by atoms with van der Waals surface area (Å²) < 4.78 is 5.50. The van der Waals surface area contributed by atoms with Gasteiger partial charge in [0.15, 0.2) is 0 Å². The first-order valence-corrected chi connectivity index (χ1v) is 10.3. The third kappa shape index (κ3) is 4.92. The molecule has 2 fully saturated rings. The van der Waals surface area contributed by atoms with Crippen LogP contribution in [-0.4, -0.2) is 61.2 Å². The van der Waals surface area contributed by atoms with Gasteiger partial charge in [0, 0.05) is 39.1 Å². The van der Waals surface area contributed by atoms with Gasteiger partial charge in [-0.3, -0.25) is 4.79 Å². The van der Waals surface area contributed by atoms with Crippen LogP contribution in [0.2, 0.25) is 0 Å². The Bertz CT molecular complexity index is 648. The minimum atomic E-state index is 0.110. The van der Waals surface area contributed by atoms with Crippen molar-refractivity contribution in [1.29, 1.82) is 0 Å². The molecule has 3 heterocycles. The maximum atomic E-state index is 11.5. The van der Waals surface area contributed by atoms with Crippen molar-refractivity contribution < 1.29 is 9.53 Å². The van der Waals surface area contributed by atoms with Gasteiger partial charge < -0.3 is 19.9 Å². The topological polar surface area (TPSA) is 57.7 Å². The Morgan fingerprint density at radius 2 is 1.89 bits per heavy atom. The molecule has 0 atom stereocenters. The summed E-state index contributed by atoms with van der Waals surface area (Å²) in [4.78, 5) is 20.7. The van der Waals surface area contributed by atoms with Crippen molar-refractivity contribution in [2.45, 2.75) is 58.4 Å². The Kier molecular flexibility index (Phi) is 6.25. The lowest BCUT2D eigenvalue weighted by atomic mass is 9.82. The van der Waals surface area contributed by atoms with Crippen molar-refractivity contribution >= 4 is 17.5 Å². The summed E-state index contributed by atoms with van der Waals surface area (Å²) in [5.41, 5.74) is 1.43. The molecule has 0 aromatic carbocycles. The fourth-order valence-corrected chi connectivity index (χ4v) is 3.69. The Morgan fingerprint density at radius 1 is 1.22 bits per heavy atom. The molecular weight excluding hydrogens is 340 g/mol. The van der Waals surface area contributed by atoms with E-state index in [0.29, 0.717) is 6.04 Å². The summed E-state index contributed by atoms with van der Waals surface area (Å²) in [6.45, 7) is 13.4. The molecule has 0 spiro atoms. The van der Waals surface area contributed by atoms with E-state index in [4.69, 9.17) is 9.72 Å². The second kappa shape index (κ2) is 8.46. The number of hydrogen-bond acceptors (Lipinski definition) is 5. The molecule has 0 saturated carbocycles. The third-order valence-corrected chi connectivity index (χ3v) is 6.10. The van der Waals surface area contributed by atoms with Gasteiger partial charge in [-0.15, -0.1) is 0 Å². The maximum Gasteiger partial charge on any atom is 0.219 e. The lowest BCUT2D eigenvalue weighted by Crippen LogP contribution is -2.41. The molecule has 150 valence electrons. The van der Waals surface area contributed by atoms with Crippen LogP contribution in [0.4, 0.5) is 11.6 Å². The molecule has 2 aliphatic rings. The molecule has 0 radical (unpaired) electrons. The maximum absolute atomic E-state index is 11.5. The van der Waals surface area contributed by atoms with E-state index >= 15 is 0 Å². The molecule has 1 N–H and O–H groups in total. The minimum absolute atomic E-state index is 0.110. The molecule has 27 heavy (non-hydrogen) atoms. The molecule has 0 unspecified atom stereocenters. The molecule has 1 amide bonds. The highest BCUT2D eigenvalue weighted by atomic mass is 16.5. The molecule has 0 aliphatic carbocycles. The van der Waals surface area contributed by atoms with E-state index in [1.165, 1.54) is 5.56 Å². The van der Waals surface area contributed by atoms with Crippen LogP contribution in [0.25, 0.3) is 0 Å². The standard InChI is InChI=1S/C21H34N4O2/c1-5-21(3,4)17-14-19(22-18-6-8-24(9-7-18)16(2)26)23-20(15-17)25-10-12-27-13-11-25/h14-15,18H,5-13H2,1-4H3,(H,22,23). The lowest BCUT2D eigenvalue weighted by Gasteiger charge is -2.33. The van der Waals surface area contributed by atoms with Crippen molar-refractivity contribution in [3.05, 3.63) is 17.7 Å². The number of nitrogens with zero attached hydrogens (tertiary/aromatic N) is 3. The highest BCUT2D eigenvalue weighted by Gasteiger charge is 2.24. The summed E-state index contributed by atoms with van der Waals surface area (Å²) in [7, 11) is 0. The number of morpholine rings is 1. The molecule has 1 aromatic heterocycles. The second-order valence-electron chi connectivity index (χ2n) is 8.36. The first-order valence-electron chi connectivity index (χ1n) is 10.3. The number of likely N-dealkylation sites (tertiary alicyclic amines) is 1. The van der Waals surface area contributed by atoms with Crippen molar-refractivity contribution in [2.75, 3.05) is 49.6 Å². The number of ether oxygens (including phenoxy) is 1. The molecule has 0 bridgehead atoms. The zero-order valence-electron chi connectivity index (χ0n) is 17.3. The highest BCUT2D eigenvalue weighted by Crippen LogP contribution is 2.32. The normalized spacial score (nSPS) is 19.3. The van der Waals surface area contributed by atoms with E-state index in [-0.39, 0.29) is 11.3 Å². The second-order valence-corrected chi connectivity index (χ2v) is 8.36. The van der Waals surface area contributed by atoms with Gasteiger partial charge in [0.25, 0.3) is 0 Å². The predicted octanol–water partition coefficient (Wildman–Crippen LogP) is 3.03. The van der Waals surface area contributed by atoms with Crippen molar-refractivity contribution in [3.63, 3.8) is 0 Å². The molecule has 1 aromatic rings. The average molecular weight is 375 g/mol. The minimum Gasteiger partial charge on any atom is -0.378 e. The largest absolute Gasteiger partial charge is 0.378 e. The Morgan fingerprint density at radius 3 is 2.48 bits per heavy atom. The smallest absolute Gasteiger partial charge is 0.219 e.